The number of nitrogens with zero attached hydrogens (tertiary/aromatic N) is 1. The van der Waals surface area contributed by atoms with E-state index in [1.807, 2.05) is 19.1 Å². The van der Waals surface area contributed by atoms with E-state index in [0.29, 0.717) is 5.41 Å². The molecule has 1 heterocycles. The molecule has 0 radical (unpaired) electrons. The minimum Gasteiger partial charge on any atom is -0.369 e. The summed E-state index contributed by atoms with van der Waals surface area (Å²) in [5.74, 6) is -0.141. The summed E-state index contributed by atoms with van der Waals surface area (Å²) in [4.78, 5) is 2.19. The van der Waals surface area contributed by atoms with Crippen molar-refractivity contribution >= 4 is 5.69 Å². The molecule has 2 nitrogen and oxygen atoms in total. The maximum absolute atomic E-state index is 14.2. The number of benzene rings is 1. The Kier molecular flexibility index (Phi) is 4.14. The van der Waals surface area contributed by atoms with E-state index in [1.54, 1.807) is 6.07 Å². The Morgan fingerprint density at radius 2 is 2.05 bits per heavy atom. The van der Waals surface area contributed by atoms with Gasteiger partial charge in [-0.1, -0.05) is 19.9 Å². The fraction of sp³-hybridized carbons (Fsp3) is 0.625. The van der Waals surface area contributed by atoms with Crippen molar-refractivity contribution in [3.63, 3.8) is 0 Å². The molecule has 106 valence electrons. The van der Waals surface area contributed by atoms with Crippen LogP contribution in [0.15, 0.2) is 18.2 Å². The van der Waals surface area contributed by atoms with Gasteiger partial charge in [-0.3, -0.25) is 0 Å². The van der Waals surface area contributed by atoms with Gasteiger partial charge in [-0.25, -0.2) is 4.39 Å². The standard InChI is InChI=1S/C16H25FN2/c1-4-16(5-2)8-9-19(11-16)15-7-6-13(12(3)18)10-14(15)17/h6-7,10,12H,4-5,8-9,11,18H2,1-3H3. The van der Waals surface area contributed by atoms with Crippen LogP contribution in [-0.4, -0.2) is 13.1 Å². The second kappa shape index (κ2) is 5.49. The smallest absolute Gasteiger partial charge is 0.146 e. The van der Waals surface area contributed by atoms with Crippen molar-refractivity contribution in [1.82, 2.24) is 0 Å². The van der Waals surface area contributed by atoms with Gasteiger partial charge < -0.3 is 10.6 Å². The number of hydrogen-bond donors (Lipinski definition) is 1. The molecule has 0 aliphatic carbocycles. The van der Waals surface area contributed by atoms with Crippen LogP contribution in [0, 0.1) is 11.2 Å². The first-order chi connectivity index (χ1) is 9.01. The highest BCUT2D eigenvalue weighted by Crippen LogP contribution is 2.39. The highest BCUT2D eigenvalue weighted by atomic mass is 19.1. The monoisotopic (exact) mass is 264 g/mol. The summed E-state index contributed by atoms with van der Waals surface area (Å²) in [5.41, 5.74) is 7.75. The molecule has 1 atom stereocenters. The van der Waals surface area contributed by atoms with Gasteiger partial charge in [0, 0.05) is 19.1 Å². The molecule has 2 rings (SSSR count). The second-order valence-electron chi connectivity index (χ2n) is 5.88. The zero-order valence-corrected chi connectivity index (χ0v) is 12.2. The largest absolute Gasteiger partial charge is 0.369 e. The van der Waals surface area contributed by atoms with E-state index in [4.69, 9.17) is 5.73 Å². The van der Waals surface area contributed by atoms with Crippen molar-refractivity contribution in [2.75, 3.05) is 18.0 Å². The van der Waals surface area contributed by atoms with Gasteiger partial charge in [-0.15, -0.1) is 0 Å². The van der Waals surface area contributed by atoms with Crippen molar-refractivity contribution in [3.05, 3.63) is 29.6 Å². The summed E-state index contributed by atoms with van der Waals surface area (Å²) in [6.07, 6.45) is 3.49. The Morgan fingerprint density at radius 3 is 2.53 bits per heavy atom. The second-order valence-corrected chi connectivity index (χ2v) is 5.88. The van der Waals surface area contributed by atoms with Gasteiger partial charge in [0.25, 0.3) is 0 Å². The molecular formula is C16H25FN2. The quantitative estimate of drug-likeness (QED) is 0.894. The van der Waals surface area contributed by atoms with Crippen LogP contribution in [0.1, 0.15) is 51.6 Å². The lowest BCUT2D eigenvalue weighted by Gasteiger charge is -2.27. The fourth-order valence-corrected chi connectivity index (χ4v) is 3.03. The topological polar surface area (TPSA) is 29.3 Å². The first-order valence-corrected chi connectivity index (χ1v) is 7.31. The van der Waals surface area contributed by atoms with Crippen molar-refractivity contribution in [2.45, 2.75) is 46.1 Å². The average Bonchev–Trinajstić information content (AvgIpc) is 2.83. The molecule has 1 aromatic carbocycles. The van der Waals surface area contributed by atoms with Crippen LogP contribution >= 0.6 is 0 Å². The lowest BCUT2D eigenvalue weighted by Crippen LogP contribution is -2.26. The summed E-state index contributed by atoms with van der Waals surface area (Å²) in [5, 5.41) is 0. The van der Waals surface area contributed by atoms with E-state index >= 15 is 0 Å². The summed E-state index contributed by atoms with van der Waals surface area (Å²) in [6, 6.07) is 5.29. The number of anilines is 1. The van der Waals surface area contributed by atoms with Crippen LogP contribution in [0.3, 0.4) is 0 Å². The lowest BCUT2D eigenvalue weighted by molar-refractivity contribution is 0.301. The van der Waals surface area contributed by atoms with E-state index in [9.17, 15) is 4.39 Å². The van der Waals surface area contributed by atoms with Gasteiger partial charge in [-0.05, 0) is 49.3 Å². The summed E-state index contributed by atoms with van der Waals surface area (Å²) >= 11 is 0. The van der Waals surface area contributed by atoms with Crippen LogP contribution in [0.5, 0.6) is 0 Å². The summed E-state index contributed by atoms with van der Waals surface area (Å²) < 4.78 is 14.2. The van der Waals surface area contributed by atoms with Crippen molar-refractivity contribution in [1.29, 1.82) is 0 Å². The van der Waals surface area contributed by atoms with Gasteiger partial charge in [0.15, 0.2) is 0 Å². The van der Waals surface area contributed by atoms with Gasteiger partial charge in [-0.2, -0.15) is 0 Å². The molecule has 1 unspecified atom stereocenters. The molecule has 0 spiro atoms. The number of hydrogen-bond acceptors (Lipinski definition) is 2. The molecule has 2 N–H and O–H groups in total. The zero-order valence-electron chi connectivity index (χ0n) is 12.2. The zero-order chi connectivity index (χ0) is 14.0. The fourth-order valence-electron chi connectivity index (χ4n) is 3.03. The van der Waals surface area contributed by atoms with Crippen molar-refractivity contribution in [3.8, 4) is 0 Å². The highest BCUT2D eigenvalue weighted by molar-refractivity contribution is 5.50. The molecule has 1 saturated heterocycles. The van der Waals surface area contributed by atoms with Crippen molar-refractivity contribution in [2.24, 2.45) is 11.1 Å². The predicted molar refractivity (Wildman–Crippen MR) is 78.8 cm³/mol. The van der Waals surface area contributed by atoms with E-state index in [1.165, 1.54) is 12.8 Å². The Bertz CT molecular complexity index is 438. The molecule has 1 aromatic rings. The van der Waals surface area contributed by atoms with Crippen LogP contribution < -0.4 is 10.6 Å². The molecule has 3 heteroatoms. The molecule has 0 aromatic heterocycles. The first kappa shape index (κ1) is 14.3. The SMILES string of the molecule is CCC1(CC)CCN(c2ccc(C(C)N)cc2F)C1. The third kappa shape index (κ3) is 2.76. The van der Waals surface area contributed by atoms with Gasteiger partial charge >= 0.3 is 0 Å². The Hall–Kier alpha value is -1.09. The van der Waals surface area contributed by atoms with Gasteiger partial charge in [0.1, 0.15) is 5.82 Å². The third-order valence-corrected chi connectivity index (χ3v) is 4.78. The predicted octanol–water partition coefficient (Wildman–Crippen LogP) is 3.86. The Labute approximate surface area is 115 Å². The highest BCUT2D eigenvalue weighted by Gasteiger charge is 2.35. The van der Waals surface area contributed by atoms with E-state index in [2.05, 4.69) is 18.7 Å². The maximum Gasteiger partial charge on any atom is 0.146 e. The lowest BCUT2D eigenvalue weighted by atomic mass is 9.82. The van der Waals surface area contributed by atoms with Crippen LogP contribution in [0.4, 0.5) is 10.1 Å². The van der Waals surface area contributed by atoms with E-state index < -0.39 is 0 Å². The van der Waals surface area contributed by atoms with Crippen LogP contribution in [-0.2, 0) is 0 Å². The third-order valence-electron chi connectivity index (χ3n) is 4.78. The molecule has 0 saturated carbocycles. The van der Waals surface area contributed by atoms with E-state index in [0.717, 1.165) is 30.8 Å². The normalized spacial score (nSPS) is 19.7. The molecule has 0 amide bonds. The average molecular weight is 264 g/mol. The van der Waals surface area contributed by atoms with Crippen molar-refractivity contribution < 1.29 is 4.39 Å². The Morgan fingerprint density at radius 1 is 1.37 bits per heavy atom. The maximum atomic E-state index is 14.2. The molecule has 1 fully saturated rings. The molecular weight excluding hydrogens is 239 g/mol. The molecule has 0 bridgehead atoms. The van der Waals surface area contributed by atoms with Gasteiger partial charge in [0.2, 0.25) is 0 Å². The molecule has 19 heavy (non-hydrogen) atoms. The minimum atomic E-state index is -0.141. The number of halogens is 1. The summed E-state index contributed by atoms with van der Waals surface area (Å²) in [6.45, 7) is 8.28. The van der Waals surface area contributed by atoms with Crippen LogP contribution in [0.2, 0.25) is 0 Å². The Balaban J connectivity index is 2.20. The van der Waals surface area contributed by atoms with E-state index in [-0.39, 0.29) is 11.9 Å². The summed E-state index contributed by atoms with van der Waals surface area (Å²) in [7, 11) is 0. The minimum absolute atomic E-state index is 0.118. The van der Waals surface area contributed by atoms with Gasteiger partial charge in [0.05, 0.1) is 5.69 Å². The molecule has 1 aliphatic heterocycles. The van der Waals surface area contributed by atoms with Crippen LogP contribution in [0.25, 0.3) is 0 Å². The molecule has 1 aliphatic rings. The number of rotatable bonds is 4. The first-order valence-electron chi connectivity index (χ1n) is 7.31. The number of nitrogens with two attached hydrogens (primary N) is 1.